The molecule has 0 saturated heterocycles. The molecule has 0 aromatic rings. The zero-order chi connectivity index (χ0) is 19.7. The topological polar surface area (TPSA) is 113 Å². The van der Waals surface area contributed by atoms with Crippen LogP contribution in [0.15, 0.2) is 0 Å². The van der Waals surface area contributed by atoms with Crippen LogP contribution in [0.5, 0.6) is 0 Å². The minimum absolute atomic E-state index is 0.00692. The van der Waals surface area contributed by atoms with Crippen molar-refractivity contribution in [3.8, 4) is 0 Å². The third-order valence-corrected chi connectivity index (χ3v) is 2.70. The molecule has 154 valence electrons. The van der Waals surface area contributed by atoms with Gasteiger partial charge in [0, 0.05) is 19.8 Å². The summed E-state index contributed by atoms with van der Waals surface area (Å²) in [4.78, 5) is 21.6. The number of carboxylic acids is 1. The molecule has 0 heterocycles. The van der Waals surface area contributed by atoms with Crippen molar-refractivity contribution in [1.29, 1.82) is 0 Å². The van der Waals surface area contributed by atoms with Gasteiger partial charge in [-0.15, -0.1) is 0 Å². The Kier molecular flexibility index (Phi) is 14.9. The number of carbonyl (C=O) groups excluding carboxylic acids is 1. The number of rotatable bonds is 16. The van der Waals surface area contributed by atoms with E-state index in [1.54, 1.807) is 0 Å². The van der Waals surface area contributed by atoms with Gasteiger partial charge >= 0.3 is 12.1 Å². The van der Waals surface area contributed by atoms with Crippen molar-refractivity contribution in [2.24, 2.45) is 0 Å². The van der Waals surface area contributed by atoms with Crippen LogP contribution in [0.1, 0.15) is 33.6 Å². The fourth-order valence-corrected chi connectivity index (χ4v) is 1.61. The fourth-order valence-electron chi connectivity index (χ4n) is 1.61. The highest BCUT2D eigenvalue weighted by Gasteiger charge is 2.15. The Balaban J connectivity index is 3.16. The van der Waals surface area contributed by atoms with E-state index in [0.717, 1.165) is 6.42 Å². The number of alkyl carbamates (subject to hydrolysis) is 1. The summed E-state index contributed by atoms with van der Waals surface area (Å²) in [5.74, 6) is -0.869. The Morgan fingerprint density at radius 3 is 1.81 bits per heavy atom. The number of carboxylic acid groups (broad SMARTS) is 1. The number of ether oxygens (including phenoxy) is 5. The number of carbonyl (C=O) groups is 2. The molecule has 0 saturated carbocycles. The number of nitrogens with one attached hydrogen (secondary N) is 1. The van der Waals surface area contributed by atoms with E-state index in [1.165, 1.54) is 0 Å². The van der Waals surface area contributed by atoms with Crippen molar-refractivity contribution in [2.45, 2.75) is 39.2 Å². The third-order valence-electron chi connectivity index (χ3n) is 2.70. The molecule has 0 atom stereocenters. The Hall–Kier alpha value is -1.42. The van der Waals surface area contributed by atoms with E-state index in [0.29, 0.717) is 52.8 Å². The maximum absolute atomic E-state index is 11.4. The van der Waals surface area contributed by atoms with E-state index in [4.69, 9.17) is 28.8 Å². The highest BCUT2D eigenvalue weighted by molar-refractivity contribution is 5.67. The SMILES string of the molecule is CC(C)(C)OC(=O)NCCOCCOCCCOCCOCCC(=O)O. The summed E-state index contributed by atoms with van der Waals surface area (Å²) in [6.07, 6.45) is 0.312. The van der Waals surface area contributed by atoms with Crippen LogP contribution in [-0.4, -0.2) is 82.2 Å². The van der Waals surface area contributed by atoms with Crippen LogP contribution in [0.2, 0.25) is 0 Å². The molecule has 0 fully saturated rings. The smallest absolute Gasteiger partial charge is 0.407 e. The van der Waals surface area contributed by atoms with Crippen LogP contribution in [0, 0.1) is 0 Å². The van der Waals surface area contributed by atoms with Gasteiger partial charge in [-0.3, -0.25) is 4.79 Å². The number of aliphatic carboxylic acids is 1. The third kappa shape index (κ3) is 20.6. The van der Waals surface area contributed by atoms with E-state index in [2.05, 4.69) is 5.32 Å². The van der Waals surface area contributed by atoms with E-state index in [1.807, 2.05) is 20.8 Å². The molecule has 26 heavy (non-hydrogen) atoms. The highest BCUT2D eigenvalue weighted by atomic mass is 16.6. The Bertz CT molecular complexity index is 370. The highest BCUT2D eigenvalue weighted by Crippen LogP contribution is 2.05. The van der Waals surface area contributed by atoms with E-state index >= 15 is 0 Å². The van der Waals surface area contributed by atoms with Crippen LogP contribution in [0.3, 0.4) is 0 Å². The molecule has 0 unspecified atom stereocenters. The van der Waals surface area contributed by atoms with Crippen molar-refractivity contribution < 1.29 is 38.4 Å². The zero-order valence-corrected chi connectivity index (χ0v) is 16.1. The summed E-state index contributed by atoms with van der Waals surface area (Å²) >= 11 is 0. The molecular weight excluding hydrogens is 346 g/mol. The second-order valence-corrected chi connectivity index (χ2v) is 6.38. The first-order valence-electron chi connectivity index (χ1n) is 8.81. The molecule has 0 rings (SSSR count). The standard InChI is InChI=1S/C17H33NO8/c1-17(2,3)26-16(21)18-6-10-25-14-12-23-8-4-7-22-11-13-24-9-5-15(19)20/h4-14H2,1-3H3,(H,18,21)(H,19,20). The average molecular weight is 379 g/mol. The molecule has 0 aromatic carbocycles. The van der Waals surface area contributed by atoms with Crippen molar-refractivity contribution in [3.05, 3.63) is 0 Å². The van der Waals surface area contributed by atoms with Gasteiger partial charge in [0.2, 0.25) is 0 Å². The summed E-state index contributed by atoms with van der Waals surface area (Å²) in [6.45, 7) is 9.29. The number of amides is 1. The molecule has 2 N–H and O–H groups in total. The summed E-state index contributed by atoms with van der Waals surface area (Å²) in [5.41, 5.74) is -0.504. The lowest BCUT2D eigenvalue weighted by atomic mass is 10.2. The second kappa shape index (κ2) is 15.8. The zero-order valence-electron chi connectivity index (χ0n) is 16.1. The summed E-state index contributed by atoms with van der Waals surface area (Å²) in [5, 5.41) is 11.0. The molecule has 0 radical (unpaired) electrons. The minimum Gasteiger partial charge on any atom is -0.481 e. The normalized spacial score (nSPS) is 11.3. The molecule has 9 nitrogen and oxygen atoms in total. The fraction of sp³-hybridized carbons (Fsp3) is 0.882. The molecule has 0 aliphatic rings. The van der Waals surface area contributed by atoms with Gasteiger partial charge in [-0.1, -0.05) is 0 Å². The van der Waals surface area contributed by atoms with Crippen LogP contribution in [0.25, 0.3) is 0 Å². The molecule has 9 heteroatoms. The van der Waals surface area contributed by atoms with Gasteiger partial charge in [-0.25, -0.2) is 4.79 Å². The van der Waals surface area contributed by atoms with Crippen molar-refractivity contribution in [1.82, 2.24) is 5.32 Å². The van der Waals surface area contributed by atoms with Gasteiger partial charge < -0.3 is 34.1 Å². The predicted octanol–water partition coefficient (Wildman–Crippen LogP) is 1.44. The van der Waals surface area contributed by atoms with Crippen molar-refractivity contribution in [2.75, 3.05) is 59.4 Å². The molecule has 0 aliphatic carbocycles. The first-order chi connectivity index (χ1) is 12.3. The van der Waals surface area contributed by atoms with Crippen LogP contribution in [0.4, 0.5) is 4.79 Å². The number of hydrogen-bond donors (Lipinski definition) is 2. The van der Waals surface area contributed by atoms with Gasteiger partial charge in [-0.05, 0) is 27.2 Å². The van der Waals surface area contributed by atoms with E-state index < -0.39 is 17.7 Å². The molecular formula is C17H33NO8. The predicted molar refractivity (Wildman–Crippen MR) is 94.4 cm³/mol. The quantitative estimate of drug-likeness (QED) is 0.387. The number of hydrogen-bond acceptors (Lipinski definition) is 7. The van der Waals surface area contributed by atoms with E-state index in [9.17, 15) is 9.59 Å². The van der Waals surface area contributed by atoms with Gasteiger partial charge in [-0.2, -0.15) is 0 Å². The van der Waals surface area contributed by atoms with Gasteiger partial charge in [0.25, 0.3) is 0 Å². The maximum atomic E-state index is 11.4. The van der Waals surface area contributed by atoms with Crippen LogP contribution >= 0.6 is 0 Å². The summed E-state index contributed by atoms with van der Waals surface area (Å²) < 4.78 is 26.2. The van der Waals surface area contributed by atoms with Crippen molar-refractivity contribution >= 4 is 12.1 Å². The lowest BCUT2D eigenvalue weighted by Crippen LogP contribution is -2.34. The average Bonchev–Trinajstić information content (AvgIpc) is 2.52. The second-order valence-electron chi connectivity index (χ2n) is 6.38. The Morgan fingerprint density at radius 2 is 1.31 bits per heavy atom. The largest absolute Gasteiger partial charge is 0.481 e. The first kappa shape index (κ1) is 24.6. The van der Waals surface area contributed by atoms with Crippen molar-refractivity contribution in [3.63, 3.8) is 0 Å². The molecule has 1 amide bonds. The van der Waals surface area contributed by atoms with Gasteiger partial charge in [0.1, 0.15) is 5.60 Å². The lowest BCUT2D eigenvalue weighted by molar-refractivity contribution is -0.138. The minimum atomic E-state index is -0.869. The van der Waals surface area contributed by atoms with E-state index in [-0.39, 0.29) is 13.0 Å². The van der Waals surface area contributed by atoms with Crippen LogP contribution in [-0.2, 0) is 28.5 Å². The molecule has 0 aromatic heterocycles. The molecule has 0 aliphatic heterocycles. The molecule has 0 bridgehead atoms. The lowest BCUT2D eigenvalue weighted by Gasteiger charge is -2.19. The maximum Gasteiger partial charge on any atom is 0.407 e. The van der Waals surface area contributed by atoms with Crippen LogP contribution < -0.4 is 5.32 Å². The molecule has 0 spiro atoms. The Labute approximate surface area is 155 Å². The Morgan fingerprint density at radius 1 is 0.808 bits per heavy atom. The monoisotopic (exact) mass is 379 g/mol. The van der Waals surface area contributed by atoms with Gasteiger partial charge in [0.15, 0.2) is 0 Å². The summed E-state index contributed by atoms with van der Waals surface area (Å²) in [6, 6.07) is 0. The first-order valence-corrected chi connectivity index (χ1v) is 8.81. The summed E-state index contributed by atoms with van der Waals surface area (Å²) in [7, 11) is 0. The van der Waals surface area contributed by atoms with Gasteiger partial charge in [0.05, 0.1) is 46.1 Å².